The van der Waals surface area contributed by atoms with Crippen molar-refractivity contribution in [2.75, 3.05) is 49.1 Å². The van der Waals surface area contributed by atoms with E-state index < -0.39 is 5.95 Å². The number of benzene rings is 1. The fourth-order valence-corrected chi connectivity index (χ4v) is 3.32. The average molecular weight is 378 g/mol. The van der Waals surface area contributed by atoms with Gasteiger partial charge in [0.1, 0.15) is 18.2 Å². The first-order valence-electron chi connectivity index (χ1n) is 8.33. The van der Waals surface area contributed by atoms with Crippen LogP contribution < -0.4 is 14.5 Å². The number of urea groups is 1. The highest BCUT2D eigenvalue weighted by Gasteiger charge is 2.30. The Bertz CT molecular complexity index is 811. The number of amides is 2. The number of carbonyl (C=O) groups is 1. The van der Waals surface area contributed by atoms with Crippen LogP contribution in [-0.4, -0.2) is 60.2 Å². The standard InChI is InChI=1S/C17H17ClFN5O2/c18-12-1-2-13-14(9-12)26-8-7-24(13)17(25)23-5-3-22(4-6-23)16-11-20-15(19)10-21-16/h1-2,9-11H,3-8H2. The van der Waals surface area contributed by atoms with Crippen molar-refractivity contribution in [2.24, 2.45) is 0 Å². The van der Waals surface area contributed by atoms with Gasteiger partial charge in [0.05, 0.1) is 24.6 Å². The predicted molar refractivity (Wildman–Crippen MR) is 95.5 cm³/mol. The lowest BCUT2D eigenvalue weighted by Gasteiger charge is -2.39. The van der Waals surface area contributed by atoms with Gasteiger partial charge in [-0.25, -0.2) is 14.8 Å². The van der Waals surface area contributed by atoms with Gasteiger partial charge in [-0.15, -0.1) is 0 Å². The first-order chi connectivity index (χ1) is 12.6. The van der Waals surface area contributed by atoms with Crippen molar-refractivity contribution in [3.05, 3.63) is 41.6 Å². The predicted octanol–water partition coefficient (Wildman–Crippen LogP) is 2.41. The number of carbonyl (C=O) groups excluding carboxylic acids is 1. The van der Waals surface area contributed by atoms with Crippen LogP contribution in [0.15, 0.2) is 30.6 Å². The molecule has 0 unspecified atom stereocenters. The van der Waals surface area contributed by atoms with Gasteiger partial charge >= 0.3 is 6.03 Å². The third-order valence-corrected chi connectivity index (χ3v) is 4.73. The molecule has 26 heavy (non-hydrogen) atoms. The normalized spacial score (nSPS) is 16.9. The molecule has 0 aliphatic carbocycles. The van der Waals surface area contributed by atoms with Crippen LogP contribution in [0.25, 0.3) is 0 Å². The van der Waals surface area contributed by atoms with Crippen LogP contribution in [0.3, 0.4) is 0 Å². The quantitative estimate of drug-likeness (QED) is 0.763. The number of halogens is 2. The van der Waals surface area contributed by atoms with Crippen molar-refractivity contribution < 1.29 is 13.9 Å². The SMILES string of the molecule is O=C(N1CCN(c2cnc(F)cn2)CC1)N1CCOc2cc(Cl)ccc21. The van der Waals surface area contributed by atoms with E-state index in [2.05, 4.69) is 9.97 Å². The third kappa shape index (κ3) is 3.24. The number of aromatic nitrogens is 2. The van der Waals surface area contributed by atoms with E-state index in [-0.39, 0.29) is 6.03 Å². The number of hydrogen-bond acceptors (Lipinski definition) is 5. The molecule has 2 amide bonds. The van der Waals surface area contributed by atoms with E-state index in [1.54, 1.807) is 28.0 Å². The summed E-state index contributed by atoms with van der Waals surface area (Å²) in [5.74, 6) is 0.635. The molecule has 0 N–H and O–H groups in total. The summed E-state index contributed by atoms with van der Waals surface area (Å²) < 4.78 is 18.5. The zero-order valence-corrected chi connectivity index (χ0v) is 14.7. The summed E-state index contributed by atoms with van der Waals surface area (Å²) in [6.45, 7) is 3.27. The Balaban J connectivity index is 1.44. The highest BCUT2D eigenvalue weighted by Crippen LogP contribution is 2.34. The van der Waals surface area contributed by atoms with Crippen LogP contribution in [0.2, 0.25) is 5.02 Å². The van der Waals surface area contributed by atoms with E-state index in [0.29, 0.717) is 55.9 Å². The Hall–Kier alpha value is -2.61. The molecular formula is C17H17ClFN5O2. The van der Waals surface area contributed by atoms with E-state index in [0.717, 1.165) is 11.9 Å². The maximum absolute atomic E-state index is 13.0. The summed E-state index contributed by atoms with van der Waals surface area (Å²) >= 11 is 6.00. The zero-order chi connectivity index (χ0) is 18.1. The number of anilines is 2. The third-order valence-electron chi connectivity index (χ3n) is 4.50. The van der Waals surface area contributed by atoms with Gasteiger partial charge in [0.15, 0.2) is 0 Å². The van der Waals surface area contributed by atoms with Crippen molar-refractivity contribution in [1.29, 1.82) is 0 Å². The van der Waals surface area contributed by atoms with Gasteiger partial charge in [0.25, 0.3) is 0 Å². The Labute approximate surface area is 154 Å². The molecule has 3 heterocycles. The molecule has 1 saturated heterocycles. The van der Waals surface area contributed by atoms with Crippen LogP contribution in [0.1, 0.15) is 0 Å². The van der Waals surface area contributed by atoms with Crippen LogP contribution in [-0.2, 0) is 0 Å². The lowest BCUT2D eigenvalue weighted by atomic mass is 10.2. The maximum atomic E-state index is 13.0. The van der Waals surface area contributed by atoms with Gasteiger partial charge in [-0.1, -0.05) is 11.6 Å². The van der Waals surface area contributed by atoms with Crippen molar-refractivity contribution >= 4 is 29.1 Å². The Morgan fingerprint density at radius 2 is 1.92 bits per heavy atom. The first-order valence-corrected chi connectivity index (χ1v) is 8.71. The Kier molecular flexibility index (Phi) is 4.50. The molecule has 1 aromatic heterocycles. The van der Waals surface area contributed by atoms with Gasteiger partial charge < -0.3 is 14.5 Å². The zero-order valence-electron chi connectivity index (χ0n) is 13.9. The van der Waals surface area contributed by atoms with E-state index in [1.165, 1.54) is 6.20 Å². The molecule has 136 valence electrons. The van der Waals surface area contributed by atoms with E-state index in [9.17, 15) is 9.18 Å². The minimum absolute atomic E-state index is 0.0540. The fourth-order valence-electron chi connectivity index (χ4n) is 3.16. The minimum Gasteiger partial charge on any atom is -0.489 e. The molecule has 1 aromatic carbocycles. The summed E-state index contributed by atoms with van der Waals surface area (Å²) in [6, 6.07) is 5.22. The number of nitrogens with zero attached hydrogens (tertiary/aromatic N) is 5. The molecule has 0 bridgehead atoms. The Morgan fingerprint density at radius 1 is 1.12 bits per heavy atom. The van der Waals surface area contributed by atoms with E-state index in [4.69, 9.17) is 16.3 Å². The van der Waals surface area contributed by atoms with Gasteiger partial charge in [-0.2, -0.15) is 4.39 Å². The Morgan fingerprint density at radius 3 is 2.65 bits per heavy atom. The van der Waals surface area contributed by atoms with Crippen molar-refractivity contribution in [3.8, 4) is 5.75 Å². The second-order valence-corrected chi connectivity index (χ2v) is 6.50. The van der Waals surface area contributed by atoms with Gasteiger partial charge in [0, 0.05) is 37.3 Å². The number of hydrogen-bond donors (Lipinski definition) is 0. The van der Waals surface area contributed by atoms with Crippen molar-refractivity contribution in [2.45, 2.75) is 0 Å². The van der Waals surface area contributed by atoms with Crippen LogP contribution in [0.5, 0.6) is 5.75 Å². The van der Waals surface area contributed by atoms with E-state index >= 15 is 0 Å². The van der Waals surface area contributed by atoms with Crippen molar-refractivity contribution in [3.63, 3.8) is 0 Å². The molecule has 0 saturated carbocycles. The highest BCUT2D eigenvalue weighted by atomic mass is 35.5. The molecule has 2 aliphatic heterocycles. The number of rotatable bonds is 1. The molecule has 0 radical (unpaired) electrons. The first kappa shape index (κ1) is 16.8. The smallest absolute Gasteiger partial charge is 0.324 e. The molecule has 7 nitrogen and oxygen atoms in total. The lowest BCUT2D eigenvalue weighted by Crippen LogP contribution is -2.54. The molecule has 0 atom stereocenters. The van der Waals surface area contributed by atoms with E-state index in [1.807, 2.05) is 4.90 Å². The second-order valence-electron chi connectivity index (χ2n) is 6.07. The van der Waals surface area contributed by atoms with Crippen LogP contribution >= 0.6 is 11.6 Å². The molecule has 2 aromatic rings. The van der Waals surface area contributed by atoms with Crippen molar-refractivity contribution in [1.82, 2.24) is 14.9 Å². The lowest BCUT2D eigenvalue weighted by molar-refractivity contribution is 0.196. The summed E-state index contributed by atoms with van der Waals surface area (Å²) in [5.41, 5.74) is 0.734. The van der Waals surface area contributed by atoms with Gasteiger partial charge in [-0.3, -0.25) is 4.90 Å². The summed E-state index contributed by atoms with van der Waals surface area (Å²) in [6.07, 6.45) is 2.51. The largest absolute Gasteiger partial charge is 0.489 e. The minimum atomic E-state index is -0.603. The van der Waals surface area contributed by atoms with Crippen LogP contribution in [0, 0.1) is 5.95 Å². The topological polar surface area (TPSA) is 61.8 Å². The molecule has 9 heteroatoms. The number of piperazine rings is 1. The fraction of sp³-hybridized carbons (Fsp3) is 0.353. The molecule has 1 fully saturated rings. The summed E-state index contributed by atoms with van der Waals surface area (Å²) in [7, 11) is 0. The monoisotopic (exact) mass is 377 g/mol. The maximum Gasteiger partial charge on any atom is 0.324 e. The average Bonchev–Trinajstić information content (AvgIpc) is 2.67. The van der Waals surface area contributed by atoms with Gasteiger partial charge in [0.2, 0.25) is 5.95 Å². The molecular weight excluding hydrogens is 361 g/mol. The van der Waals surface area contributed by atoms with Crippen LogP contribution in [0.4, 0.5) is 20.7 Å². The summed E-state index contributed by atoms with van der Waals surface area (Å²) in [5, 5.41) is 0.576. The number of ether oxygens (including phenoxy) is 1. The second kappa shape index (κ2) is 6.95. The summed E-state index contributed by atoms with van der Waals surface area (Å²) in [4.78, 5) is 26.1. The highest BCUT2D eigenvalue weighted by molar-refractivity contribution is 6.30. The molecule has 2 aliphatic rings. The number of fused-ring (bicyclic) bond motifs is 1. The molecule has 0 spiro atoms. The van der Waals surface area contributed by atoms with Gasteiger partial charge in [-0.05, 0) is 12.1 Å². The molecule has 4 rings (SSSR count).